The summed E-state index contributed by atoms with van der Waals surface area (Å²) in [6.07, 6.45) is 1.82. The Morgan fingerprint density at radius 2 is 0.800 bits per heavy atom. The number of ether oxygens (including phenoxy) is 1. The zero-order chi connectivity index (χ0) is 31.1. The minimum Gasteiger partial charge on any atom is -0.457 e. The predicted octanol–water partition coefficient (Wildman–Crippen LogP) is 10.0. The van der Waals surface area contributed by atoms with Crippen molar-refractivity contribution in [2.75, 3.05) is 0 Å². The second-order valence-electron chi connectivity index (χ2n) is 12.3. The van der Waals surface area contributed by atoms with E-state index in [1.165, 1.54) is 37.9 Å². The van der Waals surface area contributed by atoms with Gasteiger partial charge in [-0.05, 0) is 71.3 Å². The molecule has 3 heteroatoms. The Hall–Kier alpha value is -4.02. The number of para-hydroxylation sites is 1. The molecule has 0 bridgehead atoms. The third-order valence-electron chi connectivity index (χ3n) is 8.05. The largest absolute Gasteiger partial charge is 0.457 e. The Kier molecular flexibility index (Phi) is 9.91. The highest BCUT2D eigenvalue weighted by Crippen LogP contribution is 2.44. The van der Waals surface area contributed by atoms with Crippen LogP contribution in [-0.4, -0.2) is 0 Å². The van der Waals surface area contributed by atoms with Gasteiger partial charge in [0.05, 0.1) is 0 Å². The van der Waals surface area contributed by atoms with Gasteiger partial charge in [0.25, 0.3) is 0 Å². The van der Waals surface area contributed by atoms with E-state index in [0.717, 1.165) is 23.8 Å². The van der Waals surface area contributed by atoms with Crippen molar-refractivity contribution in [1.82, 2.24) is 0 Å². The van der Waals surface area contributed by atoms with Gasteiger partial charge in [0.15, 0.2) is 0 Å². The maximum Gasteiger partial charge on any atom is 0.131 e. The van der Waals surface area contributed by atoms with Crippen LogP contribution in [-0.2, 0) is 17.7 Å². The van der Waals surface area contributed by atoms with Crippen molar-refractivity contribution >= 4 is 37.1 Å². The molecule has 224 valence electrons. The summed E-state index contributed by atoms with van der Waals surface area (Å²) >= 11 is 0. The summed E-state index contributed by atoms with van der Waals surface area (Å²) in [4.78, 5) is 0. The third-order valence-corrected chi connectivity index (χ3v) is 13.0. The summed E-state index contributed by atoms with van der Waals surface area (Å²) < 4.78 is 6.97. The molecule has 0 aromatic heterocycles. The van der Waals surface area contributed by atoms with E-state index in [2.05, 4.69) is 185 Å². The van der Waals surface area contributed by atoms with E-state index in [9.17, 15) is 0 Å². The molecule has 0 aliphatic heterocycles. The summed E-state index contributed by atoms with van der Waals surface area (Å²) in [5.74, 6) is 1.88. The van der Waals surface area contributed by atoms with E-state index < -0.39 is 15.8 Å². The molecule has 0 radical (unpaired) electrons. The number of benzene rings is 6. The lowest BCUT2D eigenvalue weighted by atomic mass is 9.86. The molecule has 0 saturated carbocycles. The van der Waals surface area contributed by atoms with Crippen LogP contribution in [0.5, 0.6) is 11.5 Å². The molecule has 6 aromatic carbocycles. The molecule has 0 aliphatic carbocycles. The first kappa shape index (κ1) is 31.0. The number of hydrogen-bond donors (Lipinski definition) is 0. The van der Waals surface area contributed by atoms with Crippen molar-refractivity contribution in [2.45, 2.75) is 38.5 Å². The van der Waals surface area contributed by atoms with Crippen LogP contribution >= 0.6 is 15.8 Å². The molecule has 0 atom stereocenters. The highest BCUT2D eigenvalue weighted by atomic mass is 31.1. The fourth-order valence-corrected chi connectivity index (χ4v) is 10.2. The predicted molar refractivity (Wildman–Crippen MR) is 197 cm³/mol. The number of rotatable bonds is 10. The average Bonchev–Trinajstić information content (AvgIpc) is 3.08. The Labute approximate surface area is 271 Å². The molecule has 45 heavy (non-hydrogen) atoms. The van der Waals surface area contributed by atoms with E-state index in [1.54, 1.807) is 0 Å². The van der Waals surface area contributed by atoms with Crippen LogP contribution in [0.3, 0.4) is 0 Å². The molecule has 0 amide bonds. The highest BCUT2D eigenvalue weighted by Gasteiger charge is 2.22. The fraction of sp³-hybridized carbons (Fsp3) is 0.143. The van der Waals surface area contributed by atoms with Crippen molar-refractivity contribution in [3.05, 3.63) is 180 Å². The van der Waals surface area contributed by atoms with Crippen molar-refractivity contribution in [2.24, 2.45) is 0 Å². The standard InChI is InChI=1S/C42H40OP2/c1-42(2,3)35-28-29-41(34(30-35)32-45(38-23-12-6-13-24-38)39-25-14-7-15-26-39)43-40-27-17-16-18-33(40)31-44(36-19-8-4-9-20-36)37-21-10-5-11-22-37/h4-30H,31-32H2,1-3H3. The molecule has 0 unspecified atom stereocenters. The molecule has 0 heterocycles. The Morgan fingerprint density at radius 1 is 0.422 bits per heavy atom. The lowest BCUT2D eigenvalue weighted by Gasteiger charge is -2.25. The molecular weight excluding hydrogens is 582 g/mol. The minimum atomic E-state index is -0.625. The highest BCUT2D eigenvalue weighted by molar-refractivity contribution is 7.72. The molecule has 0 spiro atoms. The van der Waals surface area contributed by atoms with Crippen LogP contribution in [0.15, 0.2) is 164 Å². The van der Waals surface area contributed by atoms with Crippen LogP contribution in [0.2, 0.25) is 0 Å². The Morgan fingerprint density at radius 3 is 1.24 bits per heavy atom. The third kappa shape index (κ3) is 7.80. The fourth-order valence-electron chi connectivity index (χ4n) is 5.56. The van der Waals surface area contributed by atoms with Crippen molar-refractivity contribution in [3.63, 3.8) is 0 Å². The second-order valence-corrected chi connectivity index (χ2v) is 16.7. The summed E-state index contributed by atoms with van der Waals surface area (Å²) in [6, 6.07) is 59.2. The van der Waals surface area contributed by atoms with Gasteiger partial charge >= 0.3 is 0 Å². The van der Waals surface area contributed by atoms with Gasteiger partial charge in [0.1, 0.15) is 11.5 Å². The second kappa shape index (κ2) is 14.4. The molecule has 6 rings (SSSR count). The summed E-state index contributed by atoms with van der Waals surface area (Å²) in [5.41, 5.74) is 3.85. The van der Waals surface area contributed by atoms with Crippen LogP contribution in [0.25, 0.3) is 0 Å². The smallest absolute Gasteiger partial charge is 0.131 e. The van der Waals surface area contributed by atoms with Crippen molar-refractivity contribution in [3.8, 4) is 11.5 Å². The van der Waals surface area contributed by atoms with Gasteiger partial charge in [0.2, 0.25) is 0 Å². The first-order valence-electron chi connectivity index (χ1n) is 15.6. The van der Waals surface area contributed by atoms with Gasteiger partial charge < -0.3 is 4.74 Å². The van der Waals surface area contributed by atoms with Gasteiger partial charge in [0, 0.05) is 12.3 Å². The summed E-state index contributed by atoms with van der Waals surface area (Å²) in [7, 11) is -1.22. The van der Waals surface area contributed by atoms with Crippen molar-refractivity contribution in [1.29, 1.82) is 0 Å². The quantitative estimate of drug-likeness (QED) is 0.138. The maximum atomic E-state index is 6.97. The monoisotopic (exact) mass is 622 g/mol. The first-order chi connectivity index (χ1) is 22.0. The van der Waals surface area contributed by atoms with E-state index >= 15 is 0 Å². The normalized spacial score (nSPS) is 11.6. The lowest BCUT2D eigenvalue weighted by molar-refractivity contribution is 0.473. The van der Waals surface area contributed by atoms with E-state index in [-0.39, 0.29) is 5.41 Å². The SMILES string of the molecule is CC(C)(C)c1ccc(Oc2ccccc2CP(c2ccccc2)c2ccccc2)c(CP(c2ccccc2)c2ccccc2)c1. The first-order valence-corrected chi connectivity index (χ1v) is 18.7. The molecule has 6 aromatic rings. The van der Waals surface area contributed by atoms with Gasteiger partial charge in [-0.25, -0.2) is 0 Å². The molecular formula is C42H40OP2. The topological polar surface area (TPSA) is 9.23 Å². The minimum absolute atomic E-state index is 0.0363. The Balaban J connectivity index is 1.39. The molecule has 1 nitrogen and oxygen atoms in total. The number of hydrogen-bond acceptors (Lipinski definition) is 1. The molecule has 0 aliphatic rings. The lowest BCUT2D eigenvalue weighted by Crippen LogP contribution is -2.15. The summed E-state index contributed by atoms with van der Waals surface area (Å²) in [6.45, 7) is 6.86. The van der Waals surface area contributed by atoms with Gasteiger partial charge in [-0.1, -0.05) is 172 Å². The maximum absolute atomic E-state index is 6.97. The van der Waals surface area contributed by atoms with E-state index in [1.807, 2.05) is 0 Å². The van der Waals surface area contributed by atoms with Gasteiger partial charge in [-0.2, -0.15) is 0 Å². The zero-order valence-corrected chi connectivity index (χ0v) is 28.1. The van der Waals surface area contributed by atoms with Crippen LogP contribution in [0.1, 0.15) is 37.5 Å². The Bertz CT molecular complexity index is 1720. The average molecular weight is 623 g/mol. The van der Waals surface area contributed by atoms with Gasteiger partial charge in [-0.15, -0.1) is 0 Å². The van der Waals surface area contributed by atoms with Crippen LogP contribution in [0.4, 0.5) is 0 Å². The van der Waals surface area contributed by atoms with Crippen molar-refractivity contribution < 1.29 is 4.74 Å². The zero-order valence-electron chi connectivity index (χ0n) is 26.3. The molecule has 0 saturated heterocycles. The van der Waals surface area contributed by atoms with E-state index in [4.69, 9.17) is 4.74 Å². The van der Waals surface area contributed by atoms with Gasteiger partial charge in [-0.3, -0.25) is 0 Å². The van der Waals surface area contributed by atoms with Crippen LogP contribution in [0, 0.1) is 0 Å². The summed E-state index contributed by atoms with van der Waals surface area (Å²) in [5, 5.41) is 5.50. The van der Waals surface area contributed by atoms with Crippen LogP contribution < -0.4 is 26.0 Å². The van der Waals surface area contributed by atoms with E-state index in [0.29, 0.717) is 0 Å². The molecule has 0 fully saturated rings. The molecule has 0 N–H and O–H groups in total.